The van der Waals surface area contributed by atoms with E-state index in [1.807, 2.05) is 22.9 Å². The van der Waals surface area contributed by atoms with Crippen molar-refractivity contribution in [3.8, 4) is 0 Å². The lowest BCUT2D eigenvalue weighted by Gasteiger charge is -1.97. The van der Waals surface area contributed by atoms with E-state index in [1.165, 1.54) is 0 Å². The van der Waals surface area contributed by atoms with Gasteiger partial charge in [0.25, 0.3) is 0 Å². The van der Waals surface area contributed by atoms with E-state index in [0.717, 1.165) is 0 Å². The minimum atomic E-state index is -5.84. The van der Waals surface area contributed by atoms with E-state index in [1.54, 1.807) is 11.3 Å². The number of halogens is 3. The van der Waals surface area contributed by atoms with Crippen molar-refractivity contribution in [3.05, 3.63) is 22.9 Å². The summed E-state index contributed by atoms with van der Waals surface area (Å²) in [6, 6.07) is 4.04. The molecule has 76 valence electrons. The van der Waals surface area contributed by atoms with Crippen molar-refractivity contribution in [1.82, 2.24) is 0 Å². The van der Waals surface area contributed by atoms with Crippen LogP contribution in [0, 0.1) is 0 Å². The Morgan fingerprint density at radius 2 is 1.54 bits per heavy atom. The highest BCUT2D eigenvalue weighted by Crippen LogP contribution is 2.20. The highest BCUT2D eigenvalue weighted by molar-refractivity contribution is 7.86. The highest BCUT2D eigenvalue weighted by atomic mass is 32.2. The average molecular weight is 235 g/mol. The summed E-state index contributed by atoms with van der Waals surface area (Å²) in [6.45, 7) is 0. The van der Waals surface area contributed by atoms with Crippen LogP contribution >= 0.6 is 11.3 Å². The van der Waals surface area contributed by atoms with Gasteiger partial charge in [0, 0.05) is 0 Å². The summed E-state index contributed by atoms with van der Waals surface area (Å²) in [4.78, 5) is 0. The Balaban J connectivity index is 0. The fourth-order valence-electron chi connectivity index (χ4n) is 0.227. The molecule has 0 bridgehead atoms. The van der Waals surface area contributed by atoms with E-state index in [2.05, 4.69) is 0 Å². The zero-order valence-corrected chi connectivity index (χ0v) is 7.66. The number of rotatable bonds is 0. The molecule has 0 aliphatic heterocycles. The molecule has 1 aromatic heterocycles. The molecule has 3 nitrogen and oxygen atoms in total. The first-order chi connectivity index (χ1) is 5.75. The van der Waals surface area contributed by atoms with Crippen molar-refractivity contribution in [3.63, 3.8) is 0 Å². The second-order valence-electron chi connectivity index (χ2n) is 1.71. The first-order valence-corrected chi connectivity index (χ1v) is 5.14. The molecule has 1 heterocycles. The number of thiophene rings is 1. The molecule has 0 radical (unpaired) electrons. The summed E-state index contributed by atoms with van der Waals surface area (Å²) < 4.78 is 57.5. The van der Waals surface area contributed by atoms with Crippen LogP contribution in [0.3, 0.4) is 0 Å². The van der Waals surface area contributed by atoms with Gasteiger partial charge >= 0.3 is 17.1 Å². The first-order valence-electron chi connectivity index (χ1n) is 2.76. The smallest absolute Gasteiger partial charge is 0.279 e. The normalized spacial score (nSPS) is 11.7. The minimum absolute atomic E-state index is 0. The van der Waals surface area contributed by atoms with Gasteiger partial charge in [-0.1, -0.05) is 12.1 Å². The zero-order chi connectivity index (χ0) is 10.5. The van der Waals surface area contributed by atoms with Gasteiger partial charge in [0.05, 0.1) is 0 Å². The molecule has 1 rings (SSSR count). The third-order valence-corrected chi connectivity index (χ3v) is 1.93. The summed E-state index contributed by atoms with van der Waals surface area (Å²) in [5, 5.41) is 4.08. The van der Waals surface area contributed by atoms with E-state index >= 15 is 0 Å². The van der Waals surface area contributed by atoms with Crippen molar-refractivity contribution in [2.45, 2.75) is 5.51 Å². The second-order valence-corrected chi connectivity index (χ2v) is 3.94. The van der Waals surface area contributed by atoms with E-state index in [9.17, 15) is 13.2 Å². The van der Waals surface area contributed by atoms with Crippen LogP contribution in [0.15, 0.2) is 22.9 Å². The molecule has 0 saturated carbocycles. The van der Waals surface area contributed by atoms with Gasteiger partial charge in [-0.25, -0.2) is 0 Å². The average Bonchev–Trinajstić information content (AvgIpc) is 2.35. The minimum Gasteiger partial charge on any atom is -0.279 e. The quantitative estimate of drug-likeness (QED) is 0.554. The first kappa shape index (κ1) is 12.4. The molecule has 1 aromatic rings. The van der Waals surface area contributed by atoms with Crippen LogP contribution < -0.4 is 0 Å². The summed E-state index contributed by atoms with van der Waals surface area (Å²) in [5.74, 6) is 0. The van der Waals surface area contributed by atoms with Gasteiger partial charge in [0.15, 0.2) is 0 Å². The Morgan fingerprint density at radius 3 is 1.62 bits per heavy atom. The maximum Gasteiger partial charge on any atom is 1.00 e. The predicted octanol–water partition coefficient (Wildman–Crippen LogP) is 2.25. The summed E-state index contributed by atoms with van der Waals surface area (Å²) >= 11 is 1.71. The number of alkyl halides is 3. The van der Waals surface area contributed by atoms with E-state index in [0.29, 0.717) is 0 Å². The molecule has 0 saturated heterocycles. The van der Waals surface area contributed by atoms with E-state index in [4.69, 9.17) is 13.0 Å². The van der Waals surface area contributed by atoms with Crippen LogP contribution in [-0.4, -0.2) is 18.5 Å². The molecule has 0 aliphatic rings. The topological polar surface area (TPSA) is 54.4 Å². The molecule has 0 atom stereocenters. The fourth-order valence-corrected chi connectivity index (χ4v) is 0.680. The maximum atomic E-state index is 10.7. The molecule has 8 heteroatoms. The molecule has 0 unspecified atom stereocenters. The molecular formula is C5H6F3O3S2+. The van der Waals surface area contributed by atoms with Crippen LogP contribution in [0.5, 0.6) is 0 Å². The monoisotopic (exact) mass is 235 g/mol. The fraction of sp³-hybridized carbons (Fsp3) is 0.200. The molecule has 13 heavy (non-hydrogen) atoms. The van der Waals surface area contributed by atoms with Crippen LogP contribution in [0.1, 0.15) is 1.43 Å². The Labute approximate surface area is 78.1 Å². The van der Waals surface area contributed by atoms with Gasteiger partial charge < -0.3 is 0 Å². The van der Waals surface area contributed by atoms with Crippen molar-refractivity contribution in [2.24, 2.45) is 0 Å². The number of hydrogen-bond acceptors (Lipinski definition) is 3. The largest absolute Gasteiger partial charge is 1.00 e. The number of hydrogen-bond donors (Lipinski definition) is 1. The molecule has 1 N–H and O–H groups in total. The second kappa shape index (κ2) is 4.58. The van der Waals surface area contributed by atoms with Gasteiger partial charge in [0.1, 0.15) is 0 Å². The molecular weight excluding hydrogens is 229 g/mol. The molecule has 0 amide bonds. The van der Waals surface area contributed by atoms with Crippen LogP contribution in [0.4, 0.5) is 13.2 Å². The van der Waals surface area contributed by atoms with E-state index < -0.39 is 15.6 Å². The van der Waals surface area contributed by atoms with Gasteiger partial charge in [-0.2, -0.15) is 32.9 Å². The molecule has 0 aromatic carbocycles. The van der Waals surface area contributed by atoms with Gasteiger partial charge in [-0.05, 0) is 10.8 Å². The Bertz CT molecular complexity index is 301. The van der Waals surface area contributed by atoms with Crippen molar-refractivity contribution in [2.75, 3.05) is 0 Å². The van der Waals surface area contributed by atoms with Crippen LogP contribution in [-0.2, 0) is 10.1 Å². The Hall–Kier alpha value is -0.600. The van der Waals surface area contributed by atoms with E-state index in [-0.39, 0.29) is 1.43 Å². The predicted molar refractivity (Wildman–Crippen MR) is 43.0 cm³/mol. The maximum absolute atomic E-state index is 10.7. The lowest BCUT2D eigenvalue weighted by molar-refractivity contribution is -0.0510. The van der Waals surface area contributed by atoms with Crippen molar-refractivity contribution >= 4 is 21.5 Å². The van der Waals surface area contributed by atoms with Crippen molar-refractivity contribution in [1.29, 1.82) is 0 Å². The summed E-state index contributed by atoms with van der Waals surface area (Å²) in [5.41, 5.74) is -5.53. The standard InChI is InChI=1S/C4H4S.CHF3O3S/c1-2-4-5-3-1;2-1(3,4)8(5,6)7/h1-4H;(H,5,6,7)/p+1. The highest BCUT2D eigenvalue weighted by Gasteiger charge is 2.44. The van der Waals surface area contributed by atoms with Gasteiger partial charge in [-0.3, -0.25) is 4.55 Å². The zero-order valence-electron chi connectivity index (χ0n) is 7.02. The van der Waals surface area contributed by atoms with Crippen molar-refractivity contribution < 1.29 is 27.6 Å². The van der Waals surface area contributed by atoms with Crippen LogP contribution in [0.2, 0.25) is 0 Å². The van der Waals surface area contributed by atoms with Gasteiger partial charge in [-0.15, -0.1) is 0 Å². The summed E-state index contributed by atoms with van der Waals surface area (Å²) in [6.07, 6.45) is 0. The third kappa shape index (κ3) is 5.61. The molecule has 0 aliphatic carbocycles. The lowest BCUT2D eigenvalue weighted by atomic mass is 10.7. The summed E-state index contributed by atoms with van der Waals surface area (Å²) in [7, 11) is -5.84. The Kier molecular flexibility index (Phi) is 4.37. The third-order valence-electron chi connectivity index (χ3n) is 0.718. The SMILES string of the molecule is O=S(=O)(O)C(F)(F)F.[H+].c1ccsc1. The Morgan fingerprint density at radius 1 is 1.23 bits per heavy atom. The lowest BCUT2D eigenvalue weighted by Crippen LogP contribution is -2.21. The molecule has 0 spiro atoms. The van der Waals surface area contributed by atoms with Crippen LogP contribution in [0.25, 0.3) is 0 Å². The van der Waals surface area contributed by atoms with Gasteiger partial charge in [0.2, 0.25) is 0 Å². The molecule has 0 fully saturated rings.